The summed E-state index contributed by atoms with van der Waals surface area (Å²) >= 11 is 0. The Hall–Kier alpha value is -2.14. The average molecular weight is 411 g/mol. The maximum absolute atomic E-state index is 12.8. The standard InChI is InChI=1S/C25H36N4O.H2/c1-24(2,3)11-14-29-15-12-25(13-16-29)10-9-21(19-7-5-6-8-20(19)25)27-23(30)22-17-26-18-28(22)4;/h5-8,17-18,21H,9-16H2,1-4H3,(H,27,30);1H/t21-;/m0./s1. The van der Waals surface area contributed by atoms with Crippen LogP contribution in [-0.4, -0.2) is 40.0 Å². The number of hydrogen-bond donors (Lipinski definition) is 1. The van der Waals surface area contributed by atoms with Gasteiger partial charge in [-0.15, -0.1) is 0 Å². The zero-order chi connectivity index (χ0) is 21.4. The van der Waals surface area contributed by atoms with Crippen molar-refractivity contribution in [3.8, 4) is 0 Å². The molecule has 1 aliphatic carbocycles. The van der Waals surface area contributed by atoms with E-state index < -0.39 is 0 Å². The van der Waals surface area contributed by atoms with E-state index in [1.54, 1.807) is 17.1 Å². The molecule has 1 amide bonds. The number of aromatic nitrogens is 2. The van der Waals surface area contributed by atoms with Crippen LogP contribution in [0.2, 0.25) is 0 Å². The van der Waals surface area contributed by atoms with E-state index in [2.05, 4.69) is 60.2 Å². The van der Waals surface area contributed by atoms with Gasteiger partial charge in [-0.05, 0) is 73.7 Å². The summed E-state index contributed by atoms with van der Waals surface area (Å²) in [5.41, 5.74) is 4.04. The molecule has 1 aliphatic heterocycles. The number of aryl methyl sites for hydroxylation is 1. The molecule has 1 spiro atoms. The highest BCUT2D eigenvalue weighted by Crippen LogP contribution is 2.48. The number of carbonyl (C=O) groups excluding carboxylic acids is 1. The summed E-state index contributed by atoms with van der Waals surface area (Å²) in [6.07, 6.45) is 9.15. The Labute approximate surface area is 182 Å². The van der Waals surface area contributed by atoms with Crippen molar-refractivity contribution in [2.24, 2.45) is 12.5 Å². The molecule has 1 aromatic carbocycles. The van der Waals surface area contributed by atoms with Crippen molar-refractivity contribution in [1.82, 2.24) is 19.8 Å². The van der Waals surface area contributed by atoms with Gasteiger partial charge in [-0.3, -0.25) is 4.79 Å². The van der Waals surface area contributed by atoms with Crippen LogP contribution in [0.15, 0.2) is 36.8 Å². The molecule has 5 heteroatoms. The molecule has 0 saturated carbocycles. The summed E-state index contributed by atoms with van der Waals surface area (Å²) in [6.45, 7) is 10.5. The lowest BCUT2D eigenvalue weighted by Crippen LogP contribution is -2.46. The van der Waals surface area contributed by atoms with Crippen LogP contribution in [0.3, 0.4) is 0 Å². The minimum Gasteiger partial charge on any atom is -0.344 e. The van der Waals surface area contributed by atoms with Crippen LogP contribution >= 0.6 is 0 Å². The number of benzene rings is 1. The van der Waals surface area contributed by atoms with Gasteiger partial charge in [0, 0.05) is 8.47 Å². The van der Waals surface area contributed by atoms with Gasteiger partial charge in [0.15, 0.2) is 0 Å². The van der Waals surface area contributed by atoms with Crippen molar-refractivity contribution in [3.63, 3.8) is 0 Å². The number of fused-ring (bicyclic) bond motifs is 2. The topological polar surface area (TPSA) is 50.2 Å². The molecule has 164 valence electrons. The summed E-state index contributed by atoms with van der Waals surface area (Å²) in [4.78, 5) is 19.5. The summed E-state index contributed by atoms with van der Waals surface area (Å²) in [5.74, 6) is -0.0391. The van der Waals surface area contributed by atoms with Crippen LogP contribution in [-0.2, 0) is 12.5 Å². The number of nitrogens with one attached hydrogen (secondary N) is 1. The first-order valence-corrected chi connectivity index (χ1v) is 11.4. The van der Waals surface area contributed by atoms with Crippen molar-refractivity contribution in [1.29, 1.82) is 0 Å². The number of nitrogens with zero attached hydrogens (tertiary/aromatic N) is 3. The van der Waals surface area contributed by atoms with Crippen LogP contribution in [0.4, 0.5) is 0 Å². The van der Waals surface area contributed by atoms with E-state index in [0.29, 0.717) is 11.1 Å². The Kier molecular flexibility index (Phi) is 5.75. The van der Waals surface area contributed by atoms with Gasteiger partial charge in [0.1, 0.15) is 5.69 Å². The molecular weight excluding hydrogens is 372 g/mol. The fourth-order valence-corrected chi connectivity index (χ4v) is 5.17. The Morgan fingerprint density at radius 2 is 1.97 bits per heavy atom. The number of likely N-dealkylation sites (tertiary alicyclic amines) is 1. The fraction of sp³-hybridized carbons (Fsp3) is 0.600. The van der Waals surface area contributed by atoms with Gasteiger partial charge in [-0.1, -0.05) is 45.0 Å². The summed E-state index contributed by atoms with van der Waals surface area (Å²) in [6, 6.07) is 8.88. The quantitative estimate of drug-likeness (QED) is 0.795. The largest absolute Gasteiger partial charge is 0.344 e. The van der Waals surface area contributed by atoms with E-state index in [0.717, 1.165) is 12.8 Å². The highest BCUT2D eigenvalue weighted by Gasteiger charge is 2.42. The molecule has 1 atom stereocenters. The third-order valence-electron chi connectivity index (χ3n) is 7.16. The molecule has 2 heterocycles. The number of rotatable bonds is 4. The van der Waals surface area contributed by atoms with E-state index in [9.17, 15) is 4.79 Å². The fourth-order valence-electron chi connectivity index (χ4n) is 5.17. The first-order chi connectivity index (χ1) is 14.3. The first-order valence-electron chi connectivity index (χ1n) is 11.4. The average Bonchev–Trinajstić information content (AvgIpc) is 3.15. The summed E-state index contributed by atoms with van der Waals surface area (Å²) < 4.78 is 1.78. The zero-order valence-electron chi connectivity index (χ0n) is 18.9. The van der Waals surface area contributed by atoms with Gasteiger partial charge >= 0.3 is 0 Å². The molecule has 1 saturated heterocycles. The van der Waals surface area contributed by atoms with Crippen LogP contribution in [0.25, 0.3) is 0 Å². The Morgan fingerprint density at radius 3 is 2.63 bits per heavy atom. The molecule has 1 fully saturated rings. The lowest BCUT2D eigenvalue weighted by molar-refractivity contribution is 0.0906. The highest BCUT2D eigenvalue weighted by molar-refractivity contribution is 5.92. The SMILES string of the molecule is Cn1cncc1C(=O)N[C@H]1CCC2(CCN(CCC(C)(C)C)CC2)c2ccccc21.[HH]. The van der Waals surface area contributed by atoms with E-state index in [4.69, 9.17) is 0 Å². The van der Waals surface area contributed by atoms with Crippen molar-refractivity contribution in [2.45, 2.75) is 64.3 Å². The predicted octanol–water partition coefficient (Wildman–Crippen LogP) is 4.70. The third kappa shape index (κ3) is 4.31. The van der Waals surface area contributed by atoms with Gasteiger partial charge in [0.05, 0.1) is 18.6 Å². The van der Waals surface area contributed by atoms with E-state index in [-0.39, 0.29) is 18.8 Å². The lowest BCUT2D eigenvalue weighted by Gasteiger charge is -2.47. The number of piperidine rings is 1. The molecule has 2 aliphatic rings. The molecule has 2 aromatic rings. The predicted molar refractivity (Wildman–Crippen MR) is 123 cm³/mol. The summed E-state index contributed by atoms with van der Waals surface area (Å²) in [5, 5.41) is 3.28. The van der Waals surface area contributed by atoms with Gasteiger partial charge in [-0.25, -0.2) is 4.98 Å². The summed E-state index contributed by atoms with van der Waals surface area (Å²) in [7, 11) is 1.86. The molecular formula is C25H38N4O. The first kappa shape index (κ1) is 21.1. The van der Waals surface area contributed by atoms with Crippen molar-refractivity contribution < 1.29 is 6.22 Å². The second-order valence-corrected chi connectivity index (χ2v) is 10.5. The van der Waals surface area contributed by atoms with Gasteiger partial charge in [0.2, 0.25) is 0 Å². The van der Waals surface area contributed by atoms with Gasteiger partial charge in [-0.2, -0.15) is 0 Å². The highest BCUT2D eigenvalue weighted by atomic mass is 16.2. The Morgan fingerprint density at radius 1 is 1.23 bits per heavy atom. The third-order valence-corrected chi connectivity index (χ3v) is 7.16. The molecule has 0 unspecified atom stereocenters. The number of carbonyl (C=O) groups is 1. The second kappa shape index (κ2) is 8.18. The van der Waals surface area contributed by atoms with Crippen LogP contribution in [0, 0.1) is 5.41 Å². The Balaban J connectivity index is 0.00000272. The second-order valence-electron chi connectivity index (χ2n) is 10.5. The normalized spacial score (nSPS) is 21.4. The zero-order valence-corrected chi connectivity index (χ0v) is 18.9. The maximum atomic E-state index is 12.8. The van der Waals surface area contributed by atoms with E-state index in [1.807, 2.05) is 7.05 Å². The van der Waals surface area contributed by atoms with Crippen LogP contribution in [0.5, 0.6) is 0 Å². The van der Waals surface area contributed by atoms with Crippen LogP contribution in [0.1, 0.15) is 82.0 Å². The molecule has 5 nitrogen and oxygen atoms in total. The molecule has 0 bridgehead atoms. The molecule has 1 aromatic heterocycles. The lowest BCUT2D eigenvalue weighted by atomic mass is 9.63. The van der Waals surface area contributed by atoms with Crippen molar-refractivity contribution in [3.05, 3.63) is 53.6 Å². The minimum atomic E-state index is -0.0391. The smallest absolute Gasteiger partial charge is 0.270 e. The van der Waals surface area contributed by atoms with Crippen molar-refractivity contribution in [2.75, 3.05) is 19.6 Å². The molecule has 4 rings (SSSR count). The minimum absolute atomic E-state index is 0. The molecule has 30 heavy (non-hydrogen) atoms. The number of amides is 1. The molecule has 1 N–H and O–H groups in total. The van der Waals surface area contributed by atoms with E-state index >= 15 is 0 Å². The number of imidazole rings is 1. The van der Waals surface area contributed by atoms with Crippen LogP contribution < -0.4 is 5.32 Å². The van der Waals surface area contributed by atoms with E-state index in [1.165, 1.54) is 50.0 Å². The van der Waals surface area contributed by atoms with Crippen molar-refractivity contribution >= 4 is 5.91 Å². The maximum Gasteiger partial charge on any atom is 0.270 e. The molecule has 0 radical (unpaired) electrons. The van der Waals surface area contributed by atoms with Gasteiger partial charge < -0.3 is 14.8 Å². The Bertz CT molecular complexity index is 893. The monoisotopic (exact) mass is 410 g/mol. The van der Waals surface area contributed by atoms with Gasteiger partial charge in [0.25, 0.3) is 5.91 Å². The number of hydrogen-bond acceptors (Lipinski definition) is 3.